The molecule has 0 saturated heterocycles. The van der Waals surface area contributed by atoms with Crippen molar-refractivity contribution in [2.45, 2.75) is 13.8 Å². The van der Waals surface area contributed by atoms with Gasteiger partial charge in [-0.15, -0.1) is 0 Å². The van der Waals surface area contributed by atoms with E-state index in [0.29, 0.717) is 0 Å². The topological polar surface area (TPSA) is 63.6 Å². The standard InChI is InChI=1S/C15H18O4/c1-4-11-19-13(18)15(3)8-6-5-7-14(2,9-10-15)12(16)17/h4-10H,1,11H2,2-3H3,(H,16,17)/b7-5-,8-6-,10-9-. The maximum atomic E-state index is 12.0. The first-order valence-corrected chi connectivity index (χ1v) is 5.93. The van der Waals surface area contributed by atoms with E-state index in [9.17, 15) is 14.7 Å². The van der Waals surface area contributed by atoms with Crippen LogP contribution in [0, 0.1) is 10.8 Å². The lowest BCUT2D eigenvalue weighted by atomic mass is 9.81. The van der Waals surface area contributed by atoms with Crippen LogP contribution in [-0.2, 0) is 14.3 Å². The van der Waals surface area contributed by atoms with Crippen molar-refractivity contribution in [3.8, 4) is 0 Å². The second-order valence-electron chi connectivity index (χ2n) is 4.81. The molecule has 0 saturated carbocycles. The number of esters is 1. The lowest BCUT2D eigenvalue weighted by molar-refractivity contribution is -0.148. The number of allylic oxidation sites excluding steroid dienone is 2. The average molecular weight is 262 g/mol. The van der Waals surface area contributed by atoms with Gasteiger partial charge in [-0.3, -0.25) is 9.59 Å². The molecule has 0 aromatic rings. The molecule has 4 nitrogen and oxygen atoms in total. The minimum absolute atomic E-state index is 0.127. The lowest BCUT2D eigenvalue weighted by Gasteiger charge is -2.24. The first kappa shape index (κ1) is 15.0. The number of carboxylic acids is 1. The Labute approximate surface area is 112 Å². The molecule has 0 amide bonds. The van der Waals surface area contributed by atoms with Crippen molar-refractivity contribution in [2.24, 2.45) is 10.8 Å². The van der Waals surface area contributed by atoms with Crippen LogP contribution in [-0.4, -0.2) is 23.7 Å². The molecule has 2 atom stereocenters. The normalized spacial score (nSPS) is 34.4. The summed E-state index contributed by atoms with van der Waals surface area (Å²) >= 11 is 0. The number of aliphatic carboxylic acids is 1. The third kappa shape index (κ3) is 3.44. The Bertz CT molecular complexity index is 473. The van der Waals surface area contributed by atoms with Crippen molar-refractivity contribution in [3.05, 3.63) is 49.1 Å². The van der Waals surface area contributed by atoms with E-state index >= 15 is 0 Å². The van der Waals surface area contributed by atoms with Crippen molar-refractivity contribution < 1.29 is 19.4 Å². The van der Waals surface area contributed by atoms with Crippen LogP contribution in [0.5, 0.6) is 0 Å². The van der Waals surface area contributed by atoms with Crippen LogP contribution >= 0.6 is 0 Å². The van der Waals surface area contributed by atoms with Gasteiger partial charge in [-0.2, -0.15) is 0 Å². The fourth-order valence-electron chi connectivity index (χ4n) is 1.54. The quantitative estimate of drug-likeness (QED) is 0.624. The summed E-state index contributed by atoms with van der Waals surface area (Å²) in [5.41, 5.74) is -2.12. The van der Waals surface area contributed by atoms with Gasteiger partial charge in [-0.05, 0) is 13.8 Å². The van der Waals surface area contributed by atoms with E-state index in [0.717, 1.165) is 0 Å². The SMILES string of the molecule is C=CCOC(=O)C1(C)/C=C\C=C/C(C)(C(=O)O)/C=C\1. The molecule has 0 aliphatic heterocycles. The number of carboxylic acid groups (broad SMARTS) is 1. The Morgan fingerprint density at radius 2 is 1.68 bits per heavy atom. The highest BCUT2D eigenvalue weighted by molar-refractivity contribution is 5.83. The third-order valence-electron chi connectivity index (χ3n) is 3.00. The van der Waals surface area contributed by atoms with E-state index in [4.69, 9.17) is 4.74 Å². The van der Waals surface area contributed by atoms with Crippen LogP contribution in [0.15, 0.2) is 49.1 Å². The van der Waals surface area contributed by atoms with Crippen molar-refractivity contribution in [1.29, 1.82) is 0 Å². The summed E-state index contributed by atoms with van der Waals surface area (Å²) in [7, 11) is 0. The first-order chi connectivity index (χ1) is 8.84. The summed E-state index contributed by atoms with van der Waals surface area (Å²) < 4.78 is 5.03. The summed E-state index contributed by atoms with van der Waals surface area (Å²) in [6, 6.07) is 0. The highest BCUT2D eigenvalue weighted by Gasteiger charge is 2.33. The monoisotopic (exact) mass is 262 g/mol. The van der Waals surface area contributed by atoms with E-state index in [2.05, 4.69) is 6.58 Å². The Hall–Kier alpha value is -2.10. The van der Waals surface area contributed by atoms with Crippen molar-refractivity contribution in [3.63, 3.8) is 0 Å². The van der Waals surface area contributed by atoms with Crippen LogP contribution in [0.25, 0.3) is 0 Å². The molecule has 4 heteroatoms. The number of rotatable bonds is 4. The molecule has 0 spiro atoms. The Morgan fingerprint density at radius 3 is 2.21 bits per heavy atom. The highest BCUT2D eigenvalue weighted by atomic mass is 16.5. The second kappa shape index (κ2) is 5.69. The Kier molecular flexibility index (Phi) is 4.48. The molecule has 0 aromatic heterocycles. The Balaban J connectivity index is 3.07. The predicted molar refractivity (Wildman–Crippen MR) is 72.4 cm³/mol. The van der Waals surface area contributed by atoms with E-state index in [-0.39, 0.29) is 6.61 Å². The van der Waals surface area contributed by atoms with Crippen LogP contribution in [0.4, 0.5) is 0 Å². The van der Waals surface area contributed by atoms with Crippen LogP contribution in [0.2, 0.25) is 0 Å². The maximum absolute atomic E-state index is 12.0. The number of carbonyl (C=O) groups is 2. The van der Waals surface area contributed by atoms with Gasteiger partial charge < -0.3 is 9.84 Å². The molecular formula is C15H18O4. The average Bonchev–Trinajstić information content (AvgIpc) is 2.36. The third-order valence-corrected chi connectivity index (χ3v) is 3.00. The lowest BCUT2D eigenvalue weighted by Crippen LogP contribution is -2.29. The summed E-state index contributed by atoms with van der Waals surface area (Å²) in [5, 5.41) is 9.21. The Morgan fingerprint density at radius 1 is 1.16 bits per heavy atom. The van der Waals surface area contributed by atoms with Gasteiger partial charge in [0.05, 0.1) is 0 Å². The molecule has 1 aliphatic rings. The van der Waals surface area contributed by atoms with E-state index < -0.39 is 22.8 Å². The first-order valence-electron chi connectivity index (χ1n) is 5.93. The van der Waals surface area contributed by atoms with Crippen LogP contribution in [0.3, 0.4) is 0 Å². The molecule has 1 aliphatic carbocycles. The number of ether oxygens (including phenoxy) is 1. The molecule has 0 aromatic carbocycles. The summed E-state index contributed by atoms with van der Waals surface area (Å²) in [4.78, 5) is 23.2. The van der Waals surface area contributed by atoms with Crippen molar-refractivity contribution >= 4 is 11.9 Å². The van der Waals surface area contributed by atoms with E-state index in [1.54, 1.807) is 44.2 Å². The highest BCUT2D eigenvalue weighted by Crippen LogP contribution is 2.30. The molecule has 0 fully saturated rings. The molecule has 1 N–H and O–H groups in total. The molecule has 0 heterocycles. The summed E-state index contributed by atoms with van der Waals surface area (Å²) in [5.74, 6) is -1.42. The summed E-state index contributed by atoms with van der Waals surface area (Å²) in [6.45, 7) is 6.85. The fraction of sp³-hybridized carbons (Fsp3) is 0.333. The number of hydrogen-bond acceptors (Lipinski definition) is 3. The van der Waals surface area contributed by atoms with Gasteiger partial charge >= 0.3 is 11.9 Å². The summed E-state index contributed by atoms with van der Waals surface area (Å²) in [6.07, 6.45) is 11.1. The van der Waals surface area contributed by atoms with Gasteiger partial charge in [0.1, 0.15) is 17.4 Å². The molecule has 19 heavy (non-hydrogen) atoms. The minimum Gasteiger partial charge on any atom is -0.480 e. The minimum atomic E-state index is -1.13. The van der Waals surface area contributed by atoms with E-state index in [1.807, 2.05) is 0 Å². The molecule has 0 radical (unpaired) electrons. The van der Waals surface area contributed by atoms with Gasteiger partial charge in [0.2, 0.25) is 0 Å². The number of hydrogen-bond donors (Lipinski definition) is 1. The molecule has 102 valence electrons. The zero-order chi connectivity index (χ0) is 14.5. The van der Waals surface area contributed by atoms with Crippen molar-refractivity contribution in [2.75, 3.05) is 6.61 Å². The van der Waals surface area contributed by atoms with Gasteiger partial charge in [-0.1, -0.05) is 49.1 Å². The van der Waals surface area contributed by atoms with Gasteiger partial charge in [0, 0.05) is 0 Å². The van der Waals surface area contributed by atoms with Crippen molar-refractivity contribution in [1.82, 2.24) is 0 Å². The molecule has 2 unspecified atom stereocenters. The van der Waals surface area contributed by atoms with Gasteiger partial charge in [-0.25, -0.2) is 0 Å². The molecular weight excluding hydrogens is 244 g/mol. The van der Waals surface area contributed by atoms with Gasteiger partial charge in [0.15, 0.2) is 0 Å². The second-order valence-corrected chi connectivity index (χ2v) is 4.81. The molecule has 0 bridgehead atoms. The molecule has 1 rings (SSSR count). The smallest absolute Gasteiger partial charge is 0.319 e. The van der Waals surface area contributed by atoms with Gasteiger partial charge in [0.25, 0.3) is 0 Å². The zero-order valence-electron chi connectivity index (χ0n) is 11.1. The predicted octanol–water partition coefficient (Wildman–Crippen LogP) is 2.50. The fourth-order valence-corrected chi connectivity index (χ4v) is 1.54. The van der Waals surface area contributed by atoms with E-state index in [1.165, 1.54) is 12.2 Å². The zero-order valence-corrected chi connectivity index (χ0v) is 11.1. The van der Waals surface area contributed by atoms with Crippen LogP contribution < -0.4 is 0 Å². The maximum Gasteiger partial charge on any atom is 0.319 e. The number of carbonyl (C=O) groups excluding carboxylic acids is 1. The van der Waals surface area contributed by atoms with Crippen LogP contribution in [0.1, 0.15) is 13.8 Å². The largest absolute Gasteiger partial charge is 0.480 e.